The van der Waals surface area contributed by atoms with Crippen LogP contribution in [0.1, 0.15) is 48.7 Å². The lowest BCUT2D eigenvalue weighted by Gasteiger charge is -2.30. The van der Waals surface area contributed by atoms with Gasteiger partial charge in [-0.1, -0.05) is 0 Å². The number of aromatic nitrogens is 5. The molecule has 1 aliphatic rings. The number of hydrogen-bond acceptors (Lipinski definition) is 8. The van der Waals surface area contributed by atoms with E-state index in [0.29, 0.717) is 35.1 Å². The Bertz CT molecular complexity index is 1530. The molecular formula is C27H28F2N8O3. The van der Waals surface area contributed by atoms with Gasteiger partial charge in [0.1, 0.15) is 23.8 Å². The van der Waals surface area contributed by atoms with Gasteiger partial charge in [0, 0.05) is 42.0 Å². The smallest absolute Gasteiger partial charge is 0.407 e. The maximum atomic E-state index is 14.7. The second-order valence-corrected chi connectivity index (χ2v) is 9.48. The zero-order valence-corrected chi connectivity index (χ0v) is 21.7. The number of fused-ring (bicyclic) bond motifs is 1. The van der Waals surface area contributed by atoms with Crippen LogP contribution < -0.4 is 16.0 Å². The molecule has 2 amide bonds. The van der Waals surface area contributed by atoms with Crippen molar-refractivity contribution >= 4 is 28.9 Å². The van der Waals surface area contributed by atoms with Crippen LogP contribution in [0.2, 0.25) is 0 Å². The van der Waals surface area contributed by atoms with E-state index in [2.05, 4.69) is 40.9 Å². The first-order chi connectivity index (χ1) is 19.4. The van der Waals surface area contributed by atoms with Gasteiger partial charge >= 0.3 is 6.09 Å². The molecule has 0 saturated heterocycles. The molecule has 208 valence electrons. The molecule has 0 aromatic carbocycles. The van der Waals surface area contributed by atoms with Crippen molar-refractivity contribution < 1.29 is 23.1 Å². The number of alkyl carbamates (subject to hydrolysis) is 1. The summed E-state index contributed by atoms with van der Waals surface area (Å²) in [5, 5.41) is 9.19. The van der Waals surface area contributed by atoms with E-state index in [1.165, 1.54) is 12.3 Å². The number of carbonyl (C=O) groups excluding carboxylic acids is 2. The predicted molar refractivity (Wildman–Crippen MR) is 142 cm³/mol. The predicted octanol–water partition coefficient (Wildman–Crippen LogP) is 4.09. The number of nitrogens with zero attached hydrogens (tertiary/aromatic N) is 4. The van der Waals surface area contributed by atoms with Gasteiger partial charge in [-0.3, -0.25) is 9.78 Å². The number of ether oxygens (including phenoxy) is 1. The zero-order chi connectivity index (χ0) is 28.1. The monoisotopic (exact) mass is 550 g/mol. The molecule has 1 saturated carbocycles. The second kappa shape index (κ2) is 12.0. The molecular weight excluding hydrogens is 522 g/mol. The Morgan fingerprint density at radius 1 is 1.12 bits per heavy atom. The van der Waals surface area contributed by atoms with E-state index in [0.717, 1.165) is 31.7 Å². The van der Waals surface area contributed by atoms with Crippen molar-refractivity contribution in [1.82, 2.24) is 35.6 Å². The molecule has 0 aliphatic heterocycles. The van der Waals surface area contributed by atoms with Gasteiger partial charge in [-0.2, -0.15) is 0 Å². The highest BCUT2D eigenvalue weighted by Crippen LogP contribution is 2.28. The highest BCUT2D eigenvalue weighted by Gasteiger charge is 2.25. The van der Waals surface area contributed by atoms with Crippen molar-refractivity contribution in [2.75, 3.05) is 11.9 Å². The van der Waals surface area contributed by atoms with E-state index in [4.69, 9.17) is 4.74 Å². The van der Waals surface area contributed by atoms with E-state index in [1.807, 2.05) is 0 Å². The number of anilines is 1. The van der Waals surface area contributed by atoms with Gasteiger partial charge in [0.05, 0.1) is 12.4 Å². The number of rotatable bonds is 8. The van der Waals surface area contributed by atoms with E-state index in [1.54, 1.807) is 25.3 Å². The summed E-state index contributed by atoms with van der Waals surface area (Å²) in [6.45, 7) is 2.25. The summed E-state index contributed by atoms with van der Waals surface area (Å²) in [4.78, 5) is 44.0. The molecule has 1 fully saturated rings. The minimum atomic E-state index is -0.616. The number of halogens is 2. The van der Waals surface area contributed by atoms with Gasteiger partial charge in [0.15, 0.2) is 17.5 Å². The van der Waals surface area contributed by atoms with Crippen molar-refractivity contribution in [2.24, 2.45) is 0 Å². The number of nitrogens with one attached hydrogen (secondary N) is 4. The van der Waals surface area contributed by atoms with Crippen molar-refractivity contribution in [1.29, 1.82) is 0 Å². The first-order valence-electron chi connectivity index (χ1n) is 13.0. The number of H-pyrrole nitrogens is 1. The fourth-order valence-corrected chi connectivity index (χ4v) is 4.70. The Labute approximate surface area is 228 Å². The molecule has 4 N–H and O–H groups in total. The summed E-state index contributed by atoms with van der Waals surface area (Å²) in [5.41, 5.74) is 1.82. The largest absolute Gasteiger partial charge is 0.445 e. The third-order valence-corrected chi connectivity index (χ3v) is 6.58. The quantitative estimate of drug-likeness (QED) is 0.257. The van der Waals surface area contributed by atoms with E-state index in [-0.39, 0.29) is 41.9 Å². The molecule has 0 unspecified atom stereocenters. The lowest BCUT2D eigenvalue weighted by Crippen LogP contribution is -2.42. The normalized spacial score (nSPS) is 16.9. The second-order valence-electron chi connectivity index (χ2n) is 9.48. The third-order valence-electron chi connectivity index (χ3n) is 6.58. The molecule has 1 aliphatic carbocycles. The van der Waals surface area contributed by atoms with Crippen LogP contribution in [0.4, 0.5) is 19.4 Å². The molecule has 0 radical (unpaired) electrons. The summed E-state index contributed by atoms with van der Waals surface area (Å²) in [7, 11) is 0. The minimum Gasteiger partial charge on any atom is -0.445 e. The molecule has 13 heteroatoms. The van der Waals surface area contributed by atoms with Crippen LogP contribution in [0, 0.1) is 11.6 Å². The average molecular weight is 551 g/mol. The molecule has 5 rings (SSSR count). The minimum absolute atomic E-state index is 0.0144. The van der Waals surface area contributed by atoms with E-state index in [9.17, 15) is 18.4 Å². The fraction of sp³-hybridized carbons (Fsp3) is 0.333. The van der Waals surface area contributed by atoms with Gasteiger partial charge in [-0.25, -0.2) is 28.5 Å². The summed E-state index contributed by atoms with van der Waals surface area (Å²) in [6.07, 6.45) is 7.62. The van der Waals surface area contributed by atoms with Crippen molar-refractivity contribution in [2.45, 2.75) is 51.3 Å². The Kier molecular flexibility index (Phi) is 8.08. The average Bonchev–Trinajstić information content (AvgIpc) is 3.37. The van der Waals surface area contributed by atoms with Gasteiger partial charge in [-0.15, -0.1) is 0 Å². The Morgan fingerprint density at radius 2 is 1.98 bits per heavy atom. The van der Waals surface area contributed by atoms with Crippen LogP contribution in [0.5, 0.6) is 0 Å². The molecule has 4 aromatic rings. The summed E-state index contributed by atoms with van der Waals surface area (Å²) >= 11 is 0. The SMILES string of the molecule is CCNC(=O)OCc1ccnc(C(=O)N[C@@H]2CCC[C@H](Nc3nc(-c4c[nH]c5ncc(F)cc45)ncc3F)C2)c1. The van der Waals surface area contributed by atoms with Crippen molar-refractivity contribution in [3.63, 3.8) is 0 Å². The number of aromatic amines is 1. The highest BCUT2D eigenvalue weighted by atomic mass is 19.1. The van der Waals surface area contributed by atoms with Crippen LogP contribution in [0.15, 0.2) is 43.0 Å². The highest BCUT2D eigenvalue weighted by molar-refractivity contribution is 5.93. The number of hydrogen-bond donors (Lipinski definition) is 4. The molecule has 0 spiro atoms. The number of amides is 2. The van der Waals surface area contributed by atoms with Crippen molar-refractivity contribution in [3.8, 4) is 11.4 Å². The summed E-state index contributed by atoms with van der Waals surface area (Å²) in [5.74, 6) is -1.21. The maximum absolute atomic E-state index is 14.7. The standard InChI is InChI=1S/C27H28F2N8O3/c1-2-30-27(39)40-14-15-6-7-31-22(8-15)26(38)36-18-5-3-4-17(10-18)35-25-21(29)13-34-24(37-25)20-12-33-23-19(20)9-16(28)11-32-23/h6-9,11-13,17-18H,2-5,10,14H2,1H3,(H,30,39)(H,32,33)(H,36,38)(H,34,35,37)/t17-,18+/m0/s1. The molecule has 2 atom stereocenters. The van der Waals surface area contributed by atoms with Crippen LogP contribution in [0.3, 0.4) is 0 Å². The molecule has 0 bridgehead atoms. The maximum Gasteiger partial charge on any atom is 0.407 e. The molecule has 40 heavy (non-hydrogen) atoms. The molecule has 4 aromatic heterocycles. The molecule has 11 nitrogen and oxygen atoms in total. The van der Waals surface area contributed by atoms with Crippen LogP contribution in [0.25, 0.3) is 22.4 Å². The van der Waals surface area contributed by atoms with Crippen LogP contribution >= 0.6 is 0 Å². The first kappa shape index (κ1) is 26.9. The summed E-state index contributed by atoms with van der Waals surface area (Å²) in [6, 6.07) is 4.26. The first-order valence-corrected chi connectivity index (χ1v) is 13.0. The van der Waals surface area contributed by atoms with Gasteiger partial charge in [0.2, 0.25) is 0 Å². The zero-order valence-electron chi connectivity index (χ0n) is 21.7. The van der Waals surface area contributed by atoms with E-state index < -0.39 is 17.7 Å². The van der Waals surface area contributed by atoms with E-state index >= 15 is 0 Å². The Balaban J connectivity index is 1.23. The van der Waals surface area contributed by atoms with Gasteiger partial charge in [-0.05, 0) is 56.4 Å². The lowest BCUT2D eigenvalue weighted by atomic mass is 9.91. The number of pyridine rings is 2. The Hall–Kier alpha value is -4.68. The topological polar surface area (TPSA) is 147 Å². The van der Waals surface area contributed by atoms with Crippen LogP contribution in [-0.4, -0.2) is 55.5 Å². The lowest BCUT2D eigenvalue weighted by molar-refractivity contribution is 0.0921. The van der Waals surface area contributed by atoms with Gasteiger partial charge in [0.25, 0.3) is 5.91 Å². The van der Waals surface area contributed by atoms with Crippen molar-refractivity contribution in [3.05, 3.63) is 65.9 Å². The fourth-order valence-electron chi connectivity index (χ4n) is 4.70. The third kappa shape index (κ3) is 6.30. The van der Waals surface area contributed by atoms with Crippen LogP contribution in [-0.2, 0) is 11.3 Å². The molecule has 4 heterocycles. The number of carbonyl (C=O) groups is 2. The van der Waals surface area contributed by atoms with Gasteiger partial charge < -0.3 is 25.7 Å². The Morgan fingerprint density at radius 3 is 2.83 bits per heavy atom. The summed E-state index contributed by atoms with van der Waals surface area (Å²) < 4.78 is 33.6.